The van der Waals surface area contributed by atoms with Crippen molar-refractivity contribution in [3.8, 4) is 0 Å². The van der Waals surface area contributed by atoms with E-state index in [4.69, 9.17) is 4.74 Å². The summed E-state index contributed by atoms with van der Waals surface area (Å²) < 4.78 is 32.1. The molecule has 0 radical (unpaired) electrons. The maximum atomic E-state index is 12.1. The van der Waals surface area contributed by atoms with Crippen LogP contribution in [0.3, 0.4) is 0 Å². The fraction of sp³-hybridized carbons (Fsp3) is 1.00. The average Bonchev–Trinajstić information content (AvgIpc) is 2.49. The normalized spacial score (nSPS) is 23.3. The third-order valence-electron chi connectivity index (χ3n) is 4.22. The lowest BCUT2D eigenvalue weighted by atomic mass is 10.0. The van der Waals surface area contributed by atoms with Gasteiger partial charge in [-0.05, 0) is 52.7 Å². The number of hydrogen-bond acceptors (Lipinski definition) is 4. The Bertz CT molecular complexity index is 397. The van der Waals surface area contributed by atoms with Gasteiger partial charge in [0.05, 0.1) is 13.2 Å². The van der Waals surface area contributed by atoms with Crippen molar-refractivity contribution in [2.75, 3.05) is 32.8 Å². The van der Waals surface area contributed by atoms with Gasteiger partial charge in [-0.1, -0.05) is 12.8 Å². The highest BCUT2D eigenvalue weighted by Gasteiger charge is 2.36. The average molecular weight is 304 g/mol. The maximum absolute atomic E-state index is 12.1. The topological polar surface area (TPSA) is 58.6 Å². The summed E-state index contributed by atoms with van der Waals surface area (Å²) in [6.45, 7) is 7.88. The molecule has 0 aromatic heterocycles. The van der Waals surface area contributed by atoms with Crippen molar-refractivity contribution < 1.29 is 13.2 Å². The summed E-state index contributed by atoms with van der Waals surface area (Å²) in [5, 5.41) is -0.361. The van der Waals surface area contributed by atoms with Crippen molar-refractivity contribution in [3.05, 3.63) is 0 Å². The second-order valence-electron chi connectivity index (χ2n) is 6.70. The highest BCUT2D eigenvalue weighted by atomic mass is 32.2. The molecule has 0 amide bonds. The molecule has 5 nitrogen and oxygen atoms in total. The molecule has 2 fully saturated rings. The van der Waals surface area contributed by atoms with E-state index in [1.165, 1.54) is 25.7 Å². The van der Waals surface area contributed by atoms with Crippen molar-refractivity contribution in [1.29, 1.82) is 0 Å². The van der Waals surface area contributed by atoms with E-state index in [1.807, 2.05) is 13.8 Å². The Balaban J connectivity index is 1.80. The van der Waals surface area contributed by atoms with Crippen LogP contribution in [-0.4, -0.2) is 57.0 Å². The van der Waals surface area contributed by atoms with Crippen LogP contribution in [0.2, 0.25) is 0 Å². The highest BCUT2D eigenvalue weighted by Crippen LogP contribution is 2.18. The molecule has 2 aliphatic heterocycles. The van der Waals surface area contributed by atoms with Crippen molar-refractivity contribution >= 4 is 10.0 Å². The predicted molar refractivity (Wildman–Crippen MR) is 80.3 cm³/mol. The van der Waals surface area contributed by atoms with Crippen LogP contribution in [-0.2, 0) is 14.8 Å². The summed E-state index contributed by atoms with van der Waals surface area (Å²) in [5.41, 5.74) is -0.388. The Morgan fingerprint density at radius 1 is 1.15 bits per heavy atom. The smallest absolute Gasteiger partial charge is 0.219 e. The molecular weight excluding hydrogens is 276 g/mol. The van der Waals surface area contributed by atoms with Crippen LogP contribution in [0.5, 0.6) is 0 Å². The molecule has 20 heavy (non-hydrogen) atoms. The minimum Gasteiger partial charge on any atom is -0.378 e. The summed E-state index contributed by atoms with van der Waals surface area (Å²) in [7, 11) is -3.23. The van der Waals surface area contributed by atoms with Crippen LogP contribution in [0.4, 0.5) is 0 Å². The molecule has 0 atom stereocenters. The zero-order valence-corrected chi connectivity index (χ0v) is 13.5. The molecule has 0 aliphatic carbocycles. The maximum Gasteiger partial charge on any atom is 0.219 e. The van der Waals surface area contributed by atoms with Gasteiger partial charge < -0.3 is 9.64 Å². The fourth-order valence-corrected chi connectivity index (χ4v) is 4.30. The number of nitrogens with one attached hydrogen (secondary N) is 1. The molecule has 0 unspecified atom stereocenters. The van der Waals surface area contributed by atoms with Gasteiger partial charge in [-0.3, -0.25) is 0 Å². The SMILES string of the molecule is CC(C)(CCN1CCCCCC1)NS(=O)(=O)C1COC1. The van der Waals surface area contributed by atoms with E-state index in [9.17, 15) is 8.42 Å². The van der Waals surface area contributed by atoms with Gasteiger partial charge in [0.2, 0.25) is 10.0 Å². The van der Waals surface area contributed by atoms with Crippen molar-refractivity contribution in [3.63, 3.8) is 0 Å². The van der Waals surface area contributed by atoms with Crippen LogP contribution in [0.1, 0.15) is 46.0 Å². The van der Waals surface area contributed by atoms with Crippen LogP contribution in [0, 0.1) is 0 Å². The van der Waals surface area contributed by atoms with Gasteiger partial charge in [0, 0.05) is 5.54 Å². The number of nitrogens with zero attached hydrogens (tertiary/aromatic N) is 1. The van der Waals surface area contributed by atoms with Crippen LogP contribution >= 0.6 is 0 Å². The van der Waals surface area contributed by atoms with Gasteiger partial charge in [0.25, 0.3) is 0 Å². The van der Waals surface area contributed by atoms with Gasteiger partial charge in [0.1, 0.15) is 5.25 Å². The Hall–Kier alpha value is -0.170. The van der Waals surface area contributed by atoms with Gasteiger partial charge in [-0.15, -0.1) is 0 Å². The third-order valence-corrected chi connectivity index (χ3v) is 6.20. The van der Waals surface area contributed by atoms with E-state index in [1.54, 1.807) is 0 Å². The van der Waals surface area contributed by atoms with Crippen LogP contribution in [0.15, 0.2) is 0 Å². The second-order valence-corrected chi connectivity index (χ2v) is 8.66. The summed E-state index contributed by atoms with van der Waals surface area (Å²) in [5.74, 6) is 0. The first kappa shape index (κ1) is 16.2. The zero-order chi connectivity index (χ0) is 14.6. The van der Waals surface area contributed by atoms with Gasteiger partial charge in [-0.25, -0.2) is 13.1 Å². The van der Waals surface area contributed by atoms with E-state index in [0.717, 1.165) is 26.1 Å². The van der Waals surface area contributed by atoms with Crippen LogP contribution in [0.25, 0.3) is 0 Å². The molecule has 2 saturated heterocycles. The molecule has 2 heterocycles. The lowest BCUT2D eigenvalue weighted by molar-refractivity contribution is 0.0407. The largest absolute Gasteiger partial charge is 0.378 e. The van der Waals surface area contributed by atoms with Crippen molar-refractivity contribution in [2.45, 2.75) is 56.7 Å². The molecule has 1 N–H and O–H groups in total. The van der Waals surface area contributed by atoms with Crippen molar-refractivity contribution in [1.82, 2.24) is 9.62 Å². The Kier molecular flexibility index (Phi) is 5.45. The van der Waals surface area contributed by atoms with E-state index in [-0.39, 0.29) is 10.8 Å². The van der Waals surface area contributed by atoms with E-state index < -0.39 is 10.0 Å². The minimum atomic E-state index is -3.23. The number of ether oxygens (including phenoxy) is 1. The quantitative estimate of drug-likeness (QED) is 0.805. The second kappa shape index (κ2) is 6.73. The van der Waals surface area contributed by atoms with Gasteiger partial charge in [-0.2, -0.15) is 0 Å². The van der Waals surface area contributed by atoms with E-state index in [0.29, 0.717) is 13.2 Å². The number of sulfonamides is 1. The molecule has 2 rings (SSSR count). The molecule has 0 bridgehead atoms. The lowest BCUT2D eigenvalue weighted by Crippen LogP contribution is -2.54. The number of rotatable bonds is 6. The van der Waals surface area contributed by atoms with E-state index in [2.05, 4.69) is 9.62 Å². The fourth-order valence-electron chi connectivity index (χ4n) is 2.71. The molecule has 0 spiro atoms. The first-order chi connectivity index (χ1) is 9.39. The molecule has 118 valence electrons. The predicted octanol–water partition coefficient (Wildman–Crippen LogP) is 1.35. The first-order valence-electron chi connectivity index (χ1n) is 7.72. The summed E-state index contributed by atoms with van der Waals surface area (Å²) in [6.07, 6.45) is 6.04. The van der Waals surface area contributed by atoms with Crippen molar-refractivity contribution in [2.24, 2.45) is 0 Å². The molecular formula is C14H28N2O3S. The molecule has 0 saturated carbocycles. The Morgan fingerprint density at radius 2 is 1.75 bits per heavy atom. The molecule has 6 heteroatoms. The molecule has 0 aromatic rings. The van der Waals surface area contributed by atoms with Gasteiger partial charge >= 0.3 is 0 Å². The third kappa shape index (κ3) is 4.69. The Morgan fingerprint density at radius 3 is 2.25 bits per heavy atom. The summed E-state index contributed by atoms with van der Waals surface area (Å²) >= 11 is 0. The lowest BCUT2D eigenvalue weighted by Gasteiger charge is -2.33. The summed E-state index contributed by atoms with van der Waals surface area (Å²) in [6, 6.07) is 0. The minimum absolute atomic E-state index is 0.331. The standard InChI is InChI=1S/C14H28N2O3S/c1-14(2,15-20(17,18)13-11-19-12-13)7-10-16-8-5-3-4-6-9-16/h13,15H,3-12H2,1-2H3. The number of hydrogen-bond donors (Lipinski definition) is 1. The molecule has 2 aliphatic rings. The highest BCUT2D eigenvalue weighted by molar-refractivity contribution is 7.90. The monoisotopic (exact) mass is 304 g/mol. The molecule has 0 aromatic carbocycles. The number of likely N-dealkylation sites (tertiary alicyclic amines) is 1. The van der Waals surface area contributed by atoms with E-state index >= 15 is 0 Å². The van der Waals surface area contributed by atoms with Crippen LogP contribution < -0.4 is 4.72 Å². The van der Waals surface area contributed by atoms with Gasteiger partial charge in [0.15, 0.2) is 0 Å². The first-order valence-corrected chi connectivity index (χ1v) is 9.27. The zero-order valence-electron chi connectivity index (χ0n) is 12.7. The Labute approximate surface area is 123 Å². The summed E-state index contributed by atoms with van der Waals surface area (Å²) in [4.78, 5) is 2.47.